The number of hydrogen-bond acceptors (Lipinski definition) is 5. The highest BCUT2D eigenvalue weighted by Gasteiger charge is 2.25. The van der Waals surface area contributed by atoms with Crippen LogP contribution in [0, 0.1) is 5.82 Å². The van der Waals surface area contributed by atoms with E-state index in [4.69, 9.17) is 9.26 Å². The van der Waals surface area contributed by atoms with Gasteiger partial charge in [-0.25, -0.2) is 4.39 Å². The predicted molar refractivity (Wildman–Crippen MR) is 83.4 cm³/mol. The summed E-state index contributed by atoms with van der Waals surface area (Å²) in [7, 11) is 0. The van der Waals surface area contributed by atoms with E-state index in [-0.39, 0.29) is 17.3 Å². The van der Waals surface area contributed by atoms with Crippen molar-refractivity contribution < 1.29 is 13.7 Å². The second-order valence-corrected chi connectivity index (χ2v) is 6.91. The zero-order valence-electron chi connectivity index (χ0n) is 13.8. The molecule has 0 N–H and O–H groups in total. The molecule has 0 unspecified atom stereocenters. The predicted octanol–water partition coefficient (Wildman–Crippen LogP) is 3.08. The van der Waals surface area contributed by atoms with Crippen LogP contribution in [0.5, 0.6) is 0 Å². The number of rotatable bonds is 3. The topological polar surface area (TPSA) is 51.4 Å². The molecule has 124 valence electrons. The summed E-state index contributed by atoms with van der Waals surface area (Å²) in [4.78, 5) is 6.69. The first-order valence-electron chi connectivity index (χ1n) is 7.84. The SMILES string of the molecule is CC(C)(C)c1noc(CN2CCO[C@H](c3ccc(F)cc3)C2)n1. The lowest BCUT2D eigenvalue weighted by molar-refractivity contribution is -0.0356. The van der Waals surface area contributed by atoms with Crippen molar-refractivity contribution in [2.45, 2.75) is 38.8 Å². The standard InChI is InChI=1S/C17H22FN3O2/c1-17(2,3)16-19-15(23-20-16)11-21-8-9-22-14(10-21)12-4-6-13(18)7-5-12/h4-7,14H,8-11H2,1-3H3/t14-/m0/s1. The molecule has 1 aliphatic heterocycles. The molecular weight excluding hydrogens is 297 g/mol. The Morgan fingerprint density at radius 2 is 2.00 bits per heavy atom. The molecule has 5 nitrogen and oxygen atoms in total. The van der Waals surface area contributed by atoms with Crippen molar-refractivity contribution in [1.82, 2.24) is 15.0 Å². The highest BCUT2D eigenvalue weighted by atomic mass is 19.1. The van der Waals surface area contributed by atoms with Gasteiger partial charge in [0.15, 0.2) is 5.82 Å². The lowest BCUT2D eigenvalue weighted by Gasteiger charge is -2.32. The molecule has 0 bridgehead atoms. The molecule has 0 aliphatic carbocycles. The average molecular weight is 319 g/mol. The van der Waals surface area contributed by atoms with Crippen LogP contribution in [0.4, 0.5) is 4.39 Å². The van der Waals surface area contributed by atoms with Crippen molar-refractivity contribution >= 4 is 0 Å². The van der Waals surface area contributed by atoms with Crippen LogP contribution in [-0.2, 0) is 16.7 Å². The van der Waals surface area contributed by atoms with Gasteiger partial charge in [0.2, 0.25) is 5.89 Å². The third-order valence-corrected chi connectivity index (χ3v) is 3.89. The van der Waals surface area contributed by atoms with Gasteiger partial charge < -0.3 is 9.26 Å². The Balaban J connectivity index is 1.64. The first-order valence-corrected chi connectivity index (χ1v) is 7.84. The monoisotopic (exact) mass is 319 g/mol. The fourth-order valence-corrected chi connectivity index (χ4v) is 2.54. The molecular formula is C17H22FN3O2. The summed E-state index contributed by atoms with van der Waals surface area (Å²) >= 11 is 0. The molecule has 23 heavy (non-hydrogen) atoms. The minimum Gasteiger partial charge on any atom is -0.371 e. The van der Waals surface area contributed by atoms with Crippen molar-refractivity contribution in [1.29, 1.82) is 0 Å². The van der Waals surface area contributed by atoms with Crippen LogP contribution < -0.4 is 0 Å². The van der Waals surface area contributed by atoms with Gasteiger partial charge in [0.25, 0.3) is 0 Å². The van der Waals surface area contributed by atoms with E-state index in [1.165, 1.54) is 12.1 Å². The minimum atomic E-state index is -0.234. The van der Waals surface area contributed by atoms with E-state index < -0.39 is 0 Å². The Morgan fingerprint density at radius 1 is 1.26 bits per heavy atom. The van der Waals surface area contributed by atoms with Gasteiger partial charge in [-0.15, -0.1) is 0 Å². The largest absolute Gasteiger partial charge is 0.371 e. The average Bonchev–Trinajstić information content (AvgIpc) is 2.97. The number of nitrogens with zero attached hydrogens (tertiary/aromatic N) is 3. The van der Waals surface area contributed by atoms with Crippen LogP contribution in [-0.4, -0.2) is 34.7 Å². The second-order valence-electron chi connectivity index (χ2n) is 6.91. The van der Waals surface area contributed by atoms with E-state index in [0.29, 0.717) is 19.0 Å². The quantitative estimate of drug-likeness (QED) is 0.870. The van der Waals surface area contributed by atoms with Gasteiger partial charge >= 0.3 is 0 Å². The molecule has 2 aromatic rings. The molecule has 1 aromatic carbocycles. The Hall–Kier alpha value is -1.79. The Morgan fingerprint density at radius 3 is 2.65 bits per heavy atom. The summed E-state index contributed by atoms with van der Waals surface area (Å²) in [5.74, 6) is 1.10. The summed E-state index contributed by atoms with van der Waals surface area (Å²) < 4.78 is 24.2. The molecule has 0 spiro atoms. The number of hydrogen-bond donors (Lipinski definition) is 0. The molecule has 1 saturated heterocycles. The van der Waals surface area contributed by atoms with Gasteiger partial charge in [0.1, 0.15) is 5.82 Å². The molecule has 0 amide bonds. The molecule has 1 aliphatic rings. The zero-order chi connectivity index (χ0) is 16.4. The summed E-state index contributed by atoms with van der Waals surface area (Å²) in [5.41, 5.74) is 0.862. The van der Waals surface area contributed by atoms with Gasteiger partial charge in [-0.2, -0.15) is 4.98 Å². The van der Waals surface area contributed by atoms with Gasteiger partial charge in [-0.3, -0.25) is 4.90 Å². The first-order chi connectivity index (χ1) is 10.9. The first kappa shape index (κ1) is 16.1. The van der Waals surface area contributed by atoms with Crippen LogP contribution >= 0.6 is 0 Å². The third kappa shape index (κ3) is 3.95. The maximum absolute atomic E-state index is 13.0. The third-order valence-electron chi connectivity index (χ3n) is 3.89. The second kappa shape index (κ2) is 6.37. The number of halogens is 1. The van der Waals surface area contributed by atoms with E-state index in [1.54, 1.807) is 12.1 Å². The molecule has 0 radical (unpaired) electrons. The molecule has 2 heterocycles. The molecule has 0 saturated carbocycles. The Kier molecular flexibility index (Phi) is 4.46. The highest BCUT2D eigenvalue weighted by molar-refractivity contribution is 5.19. The number of morpholine rings is 1. The molecule has 3 rings (SSSR count). The maximum atomic E-state index is 13.0. The van der Waals surface area contributed by atoms with Crippen molar-refractivity contribution in [3.8, 4) is 0 Å². The van der Waals surface area contributed by atoms with Crippen LogP contribution in [0.3, 0.4) is 0 Å². The normalized spacial score (nSPS) is 19.9. The number of ether oxygens (including phenoxy) is 1. The fourth-order valence-electron chi connectivity index (χ4n) is 2.54. The van der Waals surface area contributed by atoms with Gasteiger partial charge in [-0.1, -0.05) is 38.1 Å². The number of benzene rings is 1. The summed E-state index contributed by atoms with van der Waals surface area (Å²) in [5, 5.41) is 4.05. The van der Waals surface area contributed by atoms with E-state index in [1.807, 2.05) is 0 Å². The summed E-state index contributed by atoms with van der Waals surface area (Å²) in [6.07, 6.45) is -0.0608. The summed E-state index contributed by atoms with van der Waals surface area (Å²) in [6.45, 7) is 8.93. The molecule has 1 aromatic heterocycles. The van der Waals surface area contributed by atoms with Crippen LogP contribution in [0.25, 0.3) is 0 Å². The van der Waals surface area contributed by atoms with Gasteiger partial charge in [0.05, 0.1) is 19.3 Å². The Bertz CT molecular complexity index is 649. The maximum Gasteiger partial charge on any atom is 0.240 e. The van der Waals surface area contributed by atoms with E-state index >= 15 is 0 Å². The molecule has 1 fully saturated rings. The lowest BCUT2D eigenvalue weighted by atomic mass is 9.96. The Labute approximate surface area is 135 Å². The van der Waals surface area contributed by atoms with Crippen LogP contribution in [0.2, 0.25) is 0 Å². The van der Waals surface area contributed by atoms with Crippen LogP contribution in [0.1, 0.15) is 44.2 Å². The van der Waals surface area contributed by atoms with Crippen molar-refractivity contribution in [3.63, 3.8) is 0 Å². The molecule has 6 heteroatoms. The van der Waals surface area contributed by atoms with Crippen LogP contribution in [0.15, 0.2) is 28.8 Å². The lowest BCUT2D eigenvalue weighted by Crippen LogP contribution is -2.37. The van der Waals surface area contributed by atoms with Crippen molar-refractivity contribution in [3.05, 3.63) is 47.4 Å². The smallest absolute Gasteiger partial charge is 0.240 e. The van der Waals surface area contributed by atoms with Crippen molar-refractivity contribution in [2.24, 2.45) is 0 Å². The zero-order valence-corrected chi connectivity index (χ0v) is 13.8. The fraction of sp³-hybridized carbons (Fsp3) is 0.529. The highest BCUT2D eigenvalue weighted by Crippen LogP contribution is 2.24. The number of aromatic nitrogens is 2. The summed E-state index contributed by atoms with van der Waals surface area (Å²) in [6, 6.07) is 6.47. The van der Waals surface area contributed by atoms with E-state index in [2.05, 4.69) is 35.8 Å². The van der Waals surface area contributed by atoms with Gasteiger partial charge in [-0.05, 0) is 17.7 Å². The van der Waals surface area contributed by atoms with E-state index in [9.17, 15) is 4.39 Å². The molecule has 1 atom stereocenters. The van der Waals surface area contributed by atoms with Crippen molar-refractivity contribution in [2.75, 3.05) is 19.7 Å². The van der Waals surface area contributed by atoms with Gasteiger partial charge in [0, 0.05) is 18.5 Å². The minimum absolute atomic E-state index is 0.0608. The van der Waals surface area contributed by atoms with E-state index in [0.717, 1.165) is 24.5 Å².